The van der Waals surface area contributed by atoms with E-state index in [0.717, 1.165) is 48.3 Å². The highest BCUT2D eigenvalue weighted by molar-refractivity contribution is 5.44. The van der Waals surface area contributed by atoms with Crippen LogP contribution in [-0.4, -0.2) is 15.1 Å². The second kappa shape index (κ2) is 5.25. The van der Waals surface area contributed by atoms with Gasteiger partial charge in [-0.2, -0.15) is 0 Å². The lowest BCUT2D eigenvalue weighted by Gasteiger charge is -2.14. The molecule has 5 heteroatoms. The third-order valence-corrected chi connectivity index (χ3v) is 4.55. The molecule has 114 valence electrons. The standard InChI is InChI=1S/C17H19N3O2/c21-15-3-1-2-12-13(15)6-7-14(12)18-9-11-8-16(22)20-17(19-11)10-4-5-10/h1-3,8,10,14,18,21H,4-7,9H2,(H,19,20,22)/t14-/m0/s1. The molecule has 0 radical (unpaired) electrons. The largest absolute Gasteiger partial charge is 0.508 e. The Hall–Kier alpha value is -2.14. The molecule has 0 spiro atoms. The van der Waals surface area contributed by atoms with E-state index < -0.39 is 0 Å². The van der Waals surface area contributed by atoms with Gasteiger partial charge in [0.1, 0.15) is 11.6 Å². The van der Waals surface area contributed by atoms with Gasteiger partial charge in [-0.3, -0.25) is 4.79 Å². The first-order valence-corrected chi connectivity index (χ1v) is 7.85. The Morgan fingerprint density at radius 2 is 2.18 bits per heavy atom. The van der Waals surface area contributed by atoms with Crippen LogP contribution in [0, 0.1) is 0 Å². The van der Waals surface area contributed by atoms with Gasteiger partial charge in [0.15, 0.2) is 0 Å². The van der Waals surface area contributed by atoms with Crippen molar-refractivity contribution >= 4 is 0 Å². The fourth-order valence-electron chi connectivity index (χ4n) is 3.24. The third-order valence-electron chi connectivity index (χ3n) is 4.55. The number of benzene rings is 1. The lowest BCUT2D eigenvalue weighted by molar-refractivity contribution is 0.469. The molecule has 0 bridgehead atoms. The van der Waals surface area contributed by atoms with Crippen LogP contribution in [0.5, 0.6) is 5.75 Å². The van der Waals surface area contributed by atoms with Crippen LogP contribution in [0.3, 0.4) is 0 Å². The predicted molar refractivity (Wildman–Crippen MR) is 82.8 cm³/mol. The molecule has 4 rings (SSSR count). The molecule has 1 aromatic heterocycles. The molecule has 1 saturated carbocycles. The maximum Gasteiger partial charge on any atom is 0.251 e. The van der Waals surface area contributed by atoms with Crippen molar-refractivity contribution in [1.82, 2.24) is 15.3 Å². The quantitative estimate of drug-likeness (QED) is 0.808. The van der Waals surface area contributed by atoms with Gasteiger partial charge < -0.3 is 15.4 Å². The summed E-state index contributed by atoms with van der Waals surface area (Å²) in [6.45, 7) is 0.573. The van der Waals surface area contributed by atoms with Crippen LogP contribution >= 0.6 is 0 Å². The molecule has 22 heavy (non-hydrogen) atoms. The molecular formula is C17H19N3O2. The molecule has 1 heterocycles. The van der Waals surface area contributed by atoms with Crippen molar-refractivity contribution in [2.24, 2.45) is 0 Å². The number of aromatic amines is 1. The number of fused-ring (bicyclic) bond motifs is 1. The second-order valence-corrected chi connectivity index (χ2v) is 6.21. The van der Waals surface area contributed by atoms with Gasteiger partial charge in [-0.05, 0) is 42.9 Å². The Balaban J connectivity index is 1.50. The van der Waals surface area contributed by atoms with Gasteiger partial charge >= 0.3 is 0 Å². The minimum absolute atomic E-state index is 0.0711. The summed E-state index contributed by atoms with van der Waals surface area (Å²) in [5.41, 5.74) is 2.92. The molecule has 5 nitrogen and oxygen atoms in total. The number of rotatable bonds is 4. The van der Waals surface area contributed by atoms with E-state index in [0.29, 0.717) is 18.2 Å². The van der Waals surface area contributed by atoms with E-state index >= 15 is 0 Å². The molecule has 0 aliphatic heterocycles. The number of nitrogens with zero attached hydrogens (tertiary/aromatic N) is 1. The number of phenols is 1. The third kappa shape index (κ3) is 2.52. The average Bonchev–Trinajstić information content (AvgIpc) is 3.26. The Morgan fingerprint density at radius 3 is 3.00 bits per heavy atom. The molecule has 0 amide bonds. The molecule has 1 fully saturated rings. The van der Waals surface area contributed by atoms with Crippen molar-refractivity contribution < 1.29 is 5.11 Å². The zero-order valence-electron chi connectivity index (χ0n) is 12.3. The highest BCUT2D eigenvalue weighted by atomic mass is 16.3. The Morgan fingerprint density at radius 1 is 1.32 bits per heavy atom. The number of aromatic hydroxyl groups is 1. The van der Waals surface area contributed by atoms with Gasteiger partial charge in [-0.15, -0.1) is 0 Å². The summed E-state index contributed by atoms with van der Waals surface area (Å²) in [5.74, 6) is 1.65. The Labute approximate surface area is 128 Å². The summed E-state index contributed by atoms with van der Waals surface area (Å²) in [5, 5.41) is 13.4. The summed E-state index contributed by atoms with van der Waals surface area (Å²) in [6, 6.07) is 7.46. The van der Waals surface area contributed by atoms with E-state index in [1.165, 1.54) is 0 Å². The first kappa shape index (κ1) is 13.5. The molecule has 0 saturated heterocycles. The lowest BCUT2D eigenvalue weighted by atomic mass is 10.1. The maximum absolute atomic E-state index is 11.7. The van der Waals surface area contributed by atoms with E-state index in [9.17, 15) is 9.90 Å². The molecule has 1 aromatic carbocycles. The minimum Gasteiger partial charge on any atom is -0.508 e. The SMILES string of the molecule is O=c1cc(CN[C@H]2CCc3c(O)cccc32)nc(C2CC2)[nH]1. The number of nitrogens with one attached hydrogen (secondary N) is 2. The van der Waals surface area contributed by atoms with Gasteiger partial charge in [0.2, 0.25) is 0 Å². The van der Waals surface area contributed by atoms with Crippen LogP contribution in [0.1, 0.15) is 53.9 Å². The highest BCUT2D eigenvalue weighted by Gasteiger charge is 2.27. The van der Waals surface area contributed by atoms with Crippen LogP contribution in [0.15, 0.2) is 29.1 Å². The number of hydrogen-bond acceptors (Lipinski definition) is 4. The molecule has 2 aromatic rings. The van der Waals surface area contributed by atoms with Crippen molar-refractivity contribution in [2.75, 3.05) is 0 Å². The van der Waals surface area contributed by atoms with Gasteiger partial charge in [0.05, 0.1) is 5.69 Å². The minimum atomic E-state index is -0.0711. The molecule has 2 aliphatic carbocycles. The summed E-state index contributed by atoms with van der Waals surface area (Å²) < 4.78 is 0. The zero-order chi connectivity index (χ0) is 15.1. The lowest BCUT2D eigenvalue weighted by Crippen LogP contribution is -2.22. The van der Waals surface area contributed by atoms with Gasteiger partial charge in [-0.25, -0.2) is 4.98 Å². The highest BCUT2D eigenvalue weighted by Crippen LogP contribution is 2.38. The van der Waals surface area contributed by atoms with Gasteiger partial charge in [0, 0.05) is 24.6 Å². The molecule has 0 unspecified atom stereocenters. The Kier molecular flexibility index (Phi) is 3.22. The van der Waals surface area contributed by atoms with Gasteiger partial charge in [-0.1, -0.05) is 12.1 Å². The summed E-state index contributed by atoms with van der Waals surface area (Å²) in [4.78, 5) is 19.1. The zero-order valence-corrected chi connectivity index (χ0v) is 12.3. The van der Waals surface area contributed by atoms with E-state index in [2.05, 4.69) is 21.4 Å². The summed E-state index contributed by atoms with van der Waals surface area (Å²) in [6.07, 6.45) is 4.09. The normalized spacial score (nSPS) is 20.1. The van der Waals surface area contributed by atoms with Gasteiger partial charge in [0.25, 0.3) is 5.56 Å². The number of aromatic nitrogens is 2. The van der Waals surface area contributed by atoms with Crippen molar-refractivity contribution in [2.45, 2.75) is 44.2 Å². The fraction of sp³-hybridized carbons (Fsp3) is 0.412. The first-order chi connectivity index (χ1) is 10.7. The molecular weight excluding hydrogens is 278 g/mol. The molecule has 1 atom stereocenters. The maximum atomic E-state index is 11.7. The van der Waals surface area contributed by atoms with Crippen molar-refractivity contribution in [3.05, 3.63) is 57.3 Å². The van der Waals surface area contributed by atoms with Crippen LogP contribution in [0.4, 0.5) is 0 Å². The monoisotopic (exact) mass is 297 g/mol. The van der Waals surface area contributed by atoms with Crippen molar-refractivity contribution in [3.63, 3.8) is 0 Å². The van der Waals surface area contributed by atoms with E-state index in [4.69, 9.17) is 0 Å². The smallest absolute Gasteiger partial charge is 0.251 e. The van der Waals surface area contributed by atoms with Crippen LogP contribution < -0.4 is 10.9 Å². The molecule has 2 aliphatic rings. The van der Waals surface area contributed by atoms with Crippen molar-refractivity contribution in [1.29, 1.82) is 0 Å². The van der Waals surface area contributed by atoms with Crippen LogP contribution in [0.25, 0.3) is 0 Å². The summed E-state index contributed by atoms with van der Waals surface area (Å²) >= 11 is 0. The van der Waals surface area contributed by atoms with Crippen LogP contribution in [0.2, 0.25) is 0 Å². The van der Waals surface area contributed by atoms with Crippen molar-refractivity contribution in [3.8, 4) is 5.75 Å². The number of phenolic OH excluding ortho intramolecular Hbond substituents is 1. The predicted octanol–water partition coefficient (Wildman–Crippen LogP) is 2.13. The first-order valence-electron chi connectivity index (χ1n) is 7.85. The number of H-pyrrole nitrogens is 1. The summed E-state index contributed by atoms with van der Waals surface area (Å²) in [7, 11) is 0. The van der Waals surface area contributed by atoms with E-state index in [-0.39, 0.29) is 11.6 Å². The second-order valence-electron chi connectivity index (χ2n) is 6.21. The van der Waals surface area contributed by atoms with Crippen LogP contribution in [-0.2, 0) is 13.0 Å². The number of hydrogen-bond donors (Lipinski definition) is 3. The fourth-order valence-corrected chi connectivity index (χ4v) is 3.24. The molecule has 3 N–H and O–H groups in total. The average molecular weight is 297 g/mol. The Bertz CT molecular complexity index is 765. The topological polar surface area (TPSA) is 78.0 Å². The van der Waals surface area contributed by atoms with E-state index in [1.807, 2.05) is 6.07 Å². The van der Waals surface area contributed by atoms with E-state index in [1.54, 1.807) is 12.1 Å².